The molecule has 0 amide bonds. The van der Waals surface area contributed by atoms with Gasteiger partial charge in [0.25, 0.3) is 0 Å². The number of aliphatic imine (C=N–C) groups is 1. The number of guanidine groups is 1. The van der Waals surface area contributed by atoms with Crippen LogP contribution in [0.3, 0.4) is 0 Å². The predicted molar refractivity (Wildman–Crippen MR) is 115 cm³/mol. The summed E-state index contributed by atoms with van der Waals surface area (Å²) in [6.45, 7) is 4.38. The second kappa shape index (κ2) is 9.54. The highest BCUT2D eigenvalue weighted by Gasteiger charge is 2.27. The number of piperidine rings is 1. The molecule has 152 valence electrons. The summed E-state index contributed by atoms with van der Waals surface area (Å²) in [6, 6.07) is 11.4. The Morgan fingerprint density at radius 2 is 1.79 bits per heavy atom. The average Bonchev–Trinajstić information content (AvgIpc) is 3.14. The van der Waals surface area contributed by atoms with Crippen molar-refractivity contribution in [2.45, 2.75) is 44.2 Å². The van der Waals surface area contributed by atoms with E-state index in [4.69, 9.17) is 0 Å². The zero-order valence-corrected chi connectivity index (χ0v) is 18.1. The molecule has 0 radical (unpaired) electrons. The number of thiophene rings is 1. The predicted octanol–water partition coefficient (Wildman–Crippen LogP) is 3.10. The van der Waals surface area contributed by atoms with Crippen LogP contribution in [-0.2, 0) is 23.1 Å². The number of nitrogens with one attached hydrogen (secondary N) is 2. The first-order chi connectivity index (χ1) is 13.5. The molecule has 6 nitrogen and oxygen atoms in total. The summed E-state index contributed by atoms with van der Waals surface area (Å²) in [4.78, 5) is 7.13. The Balaban J connectivity index is 1.67. The molecule has 0 bridgehead atoms. The lowest BCUT2D eigenvalue weighted by molar-refractivity contribution is 0.346. The van der Waals surface area contributed by atoms with Crippen LogP contribution in [0.4, 0.5) is 0 Å². The van der Waals surface area contributed by atoms with E-state index in [1.165, 1.54) is 9.75 Å². The summed E-state index contributed by atoms with van der Waals surface area (Å²) in [5, 5.41) is 6.52. The van der Waals surface area contributed by atoms with Crippen molar-refractivity contribution in [1.82, 2.24) is 14.9 Å². The summed E-state index contributed by atoms with van der Waals surface area (Å²) in [5.41, 5.74) is 0.753. The van der Waals surface area contributed by atoms with Crippen LogP contribution in [0, 0.1) is 6.92 Å². The van der Waals surface area contributed by atoms with Crippen molar-refractivity contribution in [2.24, 2.45) is 4.99 Å². The molecule has 2 heterocycles. The summed E-state index contributed by atoms with van der Waals surface area (Å²) < 4.78 is 27.8. The SMILES string of the molecule is CN=C(NCc1ccc(C)s1)NCc1ccccc1S(=O)(=O)N1CCCCC1. The fourth-order valence-corrected chi connectivity index (χ4v) is 5.87. The smallest absolute Gasteiger partial charge is 0.243 e. The van der Waals surface area contributed by atoms with Gasteiger partial charge in [-0.05, 0) is 43.5 Å². The first-order valence-electron chi connectivity index (χ1n) is 9.58. The van der Waals surface area contributed by atoms with Crippen molar-refractivity contribution in [3.8, 4) is 0 Å². The van der Waals surface area contributed by atoms with E-state index >= 15 is 0 Å². The molecule has 28 heavy (non-hydrogen) atoms. The molecule has 0 spiro atoms. The molecule has 1 aromatic carbocycles. The van der Waals surface area contributed by atoms with Gasteiger partial charge in [-0.15, -0.1) is 11.3 Å². The van der Waals surface area contributed by atoms with Gasteiger partial charge in [0.15, 0.2) is 5.96 Å². The number of aryl methyl sites for hydroxylation is 1. The number of sulfonamides is 1. The number of rotatable bonds is 6. The van der Waals surface area contributed by atoms with E-state index in [-0.39, 0.29) is 0 Å². The minimum atomic E-state index is -3.47. The summed E-state index contributed by atoms with van der Waals surface area (Å²) >= 11 is 1.75. The maximum atomic E-state index is 13.1. The van der Waals surface area contributed by atoms with Crippen LogP contribution in [-0.4, -0.2) is 38.8 Å². The fourth-order valence-electron chi connectivity index (χ4n) is 3.30. The zero-order valence-electron chi connectivity index (χ0n) is 16.4. The van der Waals surface area contributed by atoms with E-state index in [0.29, 0.717) is 37.0 Å². The summed E-state index contributed by atoms with van der Waals surface area (Å²) in [7, 11) is -1.75. The van der Waals surface area contributed by atoms with Crippen molar-refractivity contribution < 1.29 is 8.42 Å². The number of nitrogens with zero attached hydrogens (tertiary/aromatic N) is 2. The van der Waals surface area contributed by atoms with Gasteiger partial charge >= 0.3 is 0 Å². The van der Waals surface area contributed by atoms with E-state index in [1.54, 1.807) is 34.8 Å². The Hall–Kier alpha value is -1.90. The largest absolute Gasteiger partial charge is 0.352 e. The summed E-state index contributed by atoms with van der Waals surface area (Å²) in [6.07, 6.45) is 2.96. The van der Waals surface area contributed by atoms with Gasteiger partial charge in [-0.3, -0.25) is 4.99 Å². The van der Waals surface area contributed by atoms with Gasteiger partial charge in [-0.25, -0.2) is 8.42 Å². The lowest BCUT2D eigenvalue weighted by atomic mass is 10.2. The quantitative estimate of drug-likeness (QED) is 0.556. The number of benzene rings is 1. The van der Waals surface area contributed by atoms with Crippen LogP contribution in [0.2, 0.25) is 0 Å². The molecule has 1 aromatic heterocycles. The minimum Gasteiger partial charge on any atom is -0.352 e. The van der Waals surface area contributed by atoms with Crippen molar-refractivity contribution in [1.29, 1.82) is 0 Å². The second-order valence-electron chi connectivity index (χ2n) is 6.86. The van der Waals surface area contributed by atoms with Crippen LogP contribution in [0.25, 0.3) is 0 Å². The Morgan fingerprint density at radius 3 is 2.46 bits per heavy atom. The standard InChI is InChI=1S/C20H28N4O2S2/c1-16-10-11-18(27-16)15-23-20(21-2)22-14-17-8-4-5-9-19(17)28(25,26)24-12-6-3-7-13-24/h4-5,8-11H,3,6-7,12-15H2,1-2H3,(H2,21,22,23). The molecule has 2 N–H and O–H groups in total. The molecule has 2 aromatic rings. The normalized spacial score (nSPS) is 16.1. The van der Waals surface area contributed by atoms with Crippen molar-refractivity contribution in [3.05, 3.63) is 51.7 Å². The van der Waals surface area contributed by atoms with Crippen LogP contribution in [0.15, 0.2) is 46.3 Å². The van der Waals surface area contributed by atoms with E-state index in [1.807, 2.05) is 12.1 Å². The van der Waals surface area contributed by atoms with Gasteiger partial charge in [0, 0.05) is 36.4 Å². The highest BCUT2D eigenvalue weighted by atomic mass is 32.2. The third kappa shape index (κ3) is 5.12. The molecule has 8 heteroatoms. The molecule has 1 aliphatic heterocycles. The molecule has 0 unspecified atom stereocenters. The maximum absolute atomic E-state index is 13.1. The van der Waals surface area contributed by atoms with Gasteiger partial charge in [0.2, 0.25) is 10.0 Å². The third-order valence-electron chi connectivity index (χ3n) is 4.80. The number of hydrogen-bond acceptors (Lipinski definition) is 4. The number of hydrogen-bond donors (Lipinski definition) is 2. The Kier molecular flexibility index (Phi) is 7.09. The van der Waals surface area contributed by atoms with Crippen LogP contribution in [0.5, 0.6) is 0 Å². The second-order valence-corrected chi connectivity index (χ2v) is 10.1. The fraction of sp³-hybridized carbons (Fsp3) is 0.450. The van der Waals surface area contributed by atoms with Gasteiger partial charge in [-0.2, -0.15) is 4.31 Å². The molecular formula is C20H28N4O2S2. The van der Waals surface area contributed by atoms with Gasteiger partial charge in [0.1, 0.15) is 0 Å². The van der Waals surface area contributed by atoms with E-state index in [9.17, 15) is 8.42 Å². The van der Waals surface area contributed by atoms with Crippen molar-refractivity contribution >= 4 is 27.3 Å². The molecular weight excluding hydrogens is 392 g/mol. The maximum Gasteiger partial charge on any atom is 0.243 e. The monoisotopic (exact) mass is 420 g/mol. The van der Waals surface area contributed by atoms with E-state index in [0.717, 1.165) is 24.8 Å². The Labute approximate surface area is 171 Å². The van der Waals surface area contributed by atoms with E-state index in [2.05, 4.69) is 34.7 Å². The lowest BCUT2D eigenvalue weighted by Crippen LogP contribution is -2.38. The van der Waals surface area contributed by atoms with Crippen LogP contribution in [0.1, 0.15) is 34.6 Å². The van der Waals surface area contributed by atoms with Crippen molar-refractivity contribution in [3.63, 3.8) is 0 Å². The molecule has 1 fully saturated rings. The molecule has 0 saturated carbocycles. The first-order valence-corrected chi connectivity index (χ1v) is 11.8. The first kappa shape index (κ1) is 20.8. The van der Waals surface area contributed by atoms with Crippen molar-refractivity contribution in [2.75, 3.05) is 20.1 Å². The molecule has 1 aliphatic rings. The van der Waals surface area contributed by atoms with Gasteiger partial charge in [-0.1, -0.05) is 24.6 Å². The van der Waals surface area contributed by atoms with Crippen LogP contribution < -0.4 is 10.6 Å². The Bertz CT molecular complexity index is 916. The van der Waals surface area contributed by atoms with E-state index < -0.39 is 10.0 Å². The average molecular weight is 421 g/mol. The highest BCUT2D eigenvalue weighted by molar-refractivity contribution is 7.89. The zero-order chi connectivity index (χ0) is 20.0. The molecule has 0 aliphatic carbocycles. The topological polar surface area (TPSA) is 73.8 Å². The van der Waals surface area contributed by atoms with Gasteiger partial charge < -0.3 is 10.6 Å². The molecule has 3 rings (SSSR count). The minimum absolute atomic E-state index is 0.383. The Morgan fingerprint density at radius 1 is 1.07 bits per heavy atom. The summed E-state index contributed by atoms with van der Waals surface area (Å²) in [5.74, 6) is 0.649. The van der Waals surface area contributed by atoms with Crippen LogP contribution >= 0.6 is 11.3 Å². The molecule has 0 atom stereocenters. The van der Waals surface area contributed by atoms with Gasteiger partial charge in [0.05, 0.1) is 11.4 Å². The highest BCUT2D eigenvalue weighted by Crippen LogP contribution is 2.23. The molecule has 1 saturated heterocycles. The lowest BCUT2D eigenvalue weighted by Gasteiger charge is -2.27. The third-order valence-corrected chi connectivity index (χ3v) is 7.80.